The molecule has 0 bridgehead atoms. The number of nitrogens with one attached hydrogen (secondary N) is 1. The van der Waals surface area contributed by atoms with Crippen molar-refractivity contribution in [3.63, 3.8) is 0 Å². The Morgan fingerprint density at radius 1 is 0.955 bits per heavy atom. The van der Waals surface area contributed by atoms with Crippen molar-refractivity contribution < 1.29 is 23.4 Å². The molecule has 0 saturated heterocycles. The molecule has 230 valence electrons. The fraction of sp³-hybridized carbons (Fsp3) is 0.306. The van der Waals surface area contributed by atoms with E-state index in [4.69, 9.17) is 30.2 Å². The van der Waals surface area contributed by atoms with Crippen molar-refractivity contribution in [2.24, 2.45) is 0 Å². The number of hydrogen-bond acceptors (Lipinski definition) is 5. The zero-order chi connectivity index (χ0) is 31.2. The number of hydrogen-bond donors (Lipinski definition) is 1. The number of halogens is 1. The van der Waals surface area contributed by atoms with E-state index in [1.165, 1.54) is 17.5 Å². The van der Waals surface area contributed by atoms with Crippen molar-refractivity contribution in [3.05, 3.63) is 124 Å². The quantitative estimate of drug-likeness (QED) is 0.146. The highest BCUT2D eigenvalue weighted by molar-refractivity contribution is 6.99. The summed E-state index contributed by atoms with van der Waals surface area (Å²) in [5.74, 6) is 0.838. The van der Waals surface area contributed by atoms with Crippen LogP contribution in [0.5, 0.6) is 5.75 Å². The standard InChI is InChI=1S/C36H40ClNO5Si/c1-36(2,3)44(30-14-7-5-8-15-30,31-16-9-6-10-17-31)43-25-26-22-28-18-20-41-34(28)32(23-26)33(27-12-11-13-29(37)24-27)42-21-19-38-35(39)40-4/h5-17,22-24,33H,18-21,25H2,1-4H3,(H,38,39). The average Bonchev–Trinajstić information content (AvgIpc) is 3.50. The molecule has 1 aliphatic rings. The number of benzene rings is 4. The third kappa shape index (κ3) is 6.86. The maximum Gasteiger partial charge on any atom is 0.406 e. The van der Waals surface area contributed by atoms with Crippen LogP contribution >= 0.6 is 11.6 Å². The second-order valence-corrected chi connectivity index (χ2v) is 16.7. The first-order chi connectivity index (χ1) is 21.2. The molecule has 6 nitrogen and oxygen atoms in total. The number of amides is 1. The van der Waals surface area contributed by atoms with Crippen LogP contribution in [0.15, 0.2) is 97.1 Å². The number of ether oxygens (including phenoxy) is 3. The van der Waals surface area contributed by atoms with Crippen LogP contribution in [-0.2, 0) is 26.9 Å². The minimum absolute atomic E-state index is 0.141. The number of methoxy groups -OCH3 is 1. The molecule has 1 aliphatic heterocycles. The van der Waals surface area contributed by atoms with Crippen LogP contribution in [0.25, 0.3) is 0 Å². The topological polar surface area (TPSA) is 66.0 Å². The first-order valence-electron chi connectivity index (χ1n) is 15.0. The highest BCUT2D eigenvalue weighted by atomic mass is 35.5. The number of carbonyl (C=O) groups excluding carboxylic acids is 1. The molecule has 0 fully saturated rings. The maximum absolute atomic E-state index is 11.6. The Labute approximate surface area is 266 Å². The van der Waals surface area contributed by atoms with Gasteiger partial charge < -0.3 is 24.0 Å². The predicted molar refractivity (Wildman–Crippen MR) is 178 cm³/mol. The number of carbonyl (C=O) groups is 1. The van der Waals surface area contributed by atoms with Gasteiger partial charge in [0.1, 0.15) is 11.9 Å². The van der Waals surface area contributed by atoms with Crippen LogP contribution in [0, 0.1) is 0 Å². The molecule has 5 rings (SSSR count). The van der Waals surface area contributed by atoms with E-state index in [1.54, 1.807) is 0 Å². The van der Waals surface area contributed by atoms with E-state index in [9.17, 15) is 4.79 Å². The summed E-state index contributed by atoms with van der Waals surface area (Å²) < 4.78 is 24.6. The zero-order valence-electron chi connectivity index (χ0n) is 25.8. The monoisotopic (exact) mass is 629 g/mol. The SMILES string of the molecule is COC(=O)NCCOC(c1cccc(Cl)c1)c1cc(CO[Si](c2ccccc2)(c2ccccc2)C(C)(C)C)cc2c1OCC2. The lowest BCUT2D eigenvalue weighted by atomic mass is 9.95. The van der Waals surface area contributed by atoms with Gasteiger partial charge in [-0.25, -0.2) is 4.79 Å². The smallest absolute Gasteiger partial charge is 0.406 e. The van der Waals surface area contributed by atoms with Gasteiger partial charge in [-0.3, -0.25) is 0 Å². The highest BCUT2D eigenvalue weighted by Gasteiger charge is 2.50. The molecule has 1 amide bonds. The molecule has 0 spiro atoms. The number of fused-ring (bicyclic) bond motifs is 1. The third-order valence-corrected chi connectivity index (χ3v) is 13.2. The third-order valence-electron chi connectivity index (χ3n) is 8.02. The summed E-state index contributed by atoms with van der Waals surface area (Å²) in [4.78, 5) is 11.6. The summed E-state index contributed by atoms with van der Waals surface area (Å²) in [5, 5.41) is 5.64. The number of rotatable bonds is 11. The molecule has 44 heavy (non-hydrogen) atoms. The zero-order valence-corrected chi connectivity index (χ0v) is 27.5. The molecule has 1 heterocycles. The predicted octanol–water partition coefficient (Wildman–Crippen LogP) is 6.81. The van der Waals surface area contributed by atoms with Crippen LogP contribution in [0.2, 0.25) is 10.1 Å². The lowest BCUT2D eigenvalue weighted by Crippen LogP contribution is -2.66. The molecule has 0 saturated carbocycles. The van der Waals surface area contributed by atoms with E-state index in [1.807, 2.05) is 24.3 Å². The molecule has 0 aromatic heterocycles. The lowest BCUT2D eigenvalue weighted by Gasteiger charge is -2.43. The molecule has 0 radical (unpaired) electrons. The van der Waals surface area contributed by atoms with Gasteiger partial charge in [0.25, 0.3) is 8.32 Å². The fourth-order valence-corrected chi connectivity index (χ4v) is 10.8. The van der Waals surface area contributed by atoms with Crippen LogP contribution < -0.4 is 20.4 Å². The van der Waals surface area contributed by atoms with Crippen molar-refractivity contribution in [2.75, 3.05) is 26.9 Å². The Bertz CT molecular complexity index is 1520. The Balaban J connectivity index is 1.54. The molecule has 1 atom stereocenters. The van der Waals surface area contributed by atoms with Gasteiger partial charge in [0.05, 0.1) is 26.9 Å². The minimum atomic E-state index is -2.75. The van der Waals surface area contributed by atoms with Gasteiger partial charge in [-0.15, -0.1) is 0 Å². The molecule has 8 heteroatoms. The van der Waals surface area contributed by atoms with Crippen LogP contribution in [0.3, 0.4) is 0 Å². The lowest BCUT2D eigenvalue weighted by molar-refractivity contribution is 0.0787. The summed E-state index contributed by atoms with van der Waals surface area (Å²) in [6.45, 7) is 8.45. The minimum Gasteiger partial charge on any atom is -0.493 e. The van der Waals surface area contributed by atoms with E-state index < -0.39 is 20.5 Å². The summed E-state index contributed by atoms with van der Waals surface area (Å²) in [5.41, 5.74) is 4.01. The van der Waals surface area contributed by atoms with Crippen LogP contribution in [0.1, 0.15) is 49.1 Å². The molecule has 4 aromatic rings. The second-order valence-electron chi connectivity index (χ2n) is 11.9. The van der Waals surface area contributed by atoms with Crippen molar-refractivity contribution in [1.82, 2.24) is 5.32 Å². The summed E-state index contributed by atoms with van der Waals surface area (Å²) in [6, 6.07) is 33.3. The van der Waals surface area contributed by atoms with E-state index in [-0.39, 0.29) is 11.6 Å². The maximum atomic E-state index is 11.6. The first kappa shape index (κ1) is 31.8. The highest BCUT2D eigenvalue weighted by Crippen LogP contribution is 2.41. The van der Waals surface area contributed by atoms with Gasteiger partial charge in [-0.2, -0.15) is 0 Å². The number of alkyl carbamates (subject to hydrolysis) is 1. The Hall–Kier alpha value is -3.62. The fourth-order valence-electron chi connectivity index (χ4n) is 6.08. The molecular formula is C36H40ClNO5Si. The summed E-state index contributed by atoms with van der Waals surface area (Å²) >= 11 is 6.43. The van der Waals surface area contributed by atoms with Gasteiger partial charge in [-0.1, -0.05) is 105 Å². The van der Waals surface area contributed by atoms with Crippen molar-refractivity contribution in [3.8, 4) is 5.75 Å². The van der Waals surface area contributed by atoms with Gasteiger partial charge in [0, 0.05) is 23.6 Å². The van der Waals surface area contributed by atoms with Gasteiger partial charge in [0.2, 0.25) is 0 Å². The van der Waals surface area contributed by atoms with E-state index in [2.05, 4.69) is 98.9 Å². The Morgan fingerprint density at radius 3 is 2.25 bits per heavy atom. The van der Waals surface area contributed by atoms with E-state index in [0.29, 0.717) is 24.8 Å². The van der Waals surface area contributed by atoms with E-state index >= 15 is 0 Å². The van der Waals surface area contributed by atoms with Crippen molar-refractivity contribution >= 4 is 36.4 Å². The Morgan fingerprint density at radius 2 is 1.64 bits per heavy atom. The first-order valence-corrected chi connectivity index (χ1v) is 17.2. The largest absolute Gasteiger partial charge is 0.493 e. The van der Waals surface area contributed by atoms with Gasteiger partial charge in [0.15, 0.2) is 0 Å². The Kier molecular flexibility index (Phi) is 10.1. The molecule has 1 unspecified atom stereocenters. The molecular weight excluding hydrogens is 590 g/mol. The summed E-state index contributed by atoms with van der Waals surface area (Å²) in [7, 11) is -1.41. The molecule has 4 aromatic carbocycles. The normalized spacial score (nSPS) is 13.6. The van der Waals surface area contributed by atoms with Crippen molar-refractivity contribution in [1.29, 1.82) is 0 Å². The van der Waals surface area contributed by atoms with Crippen LogP contribution in [-0.4, -0.2) is 41.3 Å². The second kappa shape index (κ2) is 14.0. The van der Waals surface area contributed by atoms with Gasteiger partial charge >= 0.3 is 6.09 Å². The summed E-state index contributed by atoms with van der Waals surface area (Å²) in [6.07, 6.45) is -0.158. The average molecular weight is 630 g/mol. The molecule has 0 aliphatic carbocycles. The molecule has 1 N–H and O–H groups in total. The van der Waals surface area contributed by atoms with Crippen molar-refractivity contribution in [2.45, 2.75) is 44.9 Å². The van der Waals surface area contributed by atoms with E-state index in [0.717, 1.165) is 34.4 Å². The van der Waals surface area contributed by atoms with Crippen LogP contribution in [0.4, 0.5) is 4.79 Å². The van der Waals surface area contributed by atoms with Gasteiger partial charge in [-0.05, 0) is 56.4 Å².